The number of ether oxygens (including phenoxy) is 1. The van der Waals surface area contributed by atoms with Gasteiger partial charge in [-0.25, -0.2) is 31.0 Å². The highest BCUT2D eigenvalue weighted by Gasteiger charge is 2.67. The fourth-order valence-corrected chi connectivity index (χ4v) is 8.78. The number of hydrogen-bond acceptors (Lipinski definition) is 6. The number of nitrogens with one attached hydrogen (secondary N) is 2. The van der Waals surface area contributed by atoms with Crippen LogP contribution in [0.15, 0.2) is 65.7 Å². The summed E-state index contributed by atoms with van der Waals surface area (Å²) in [5.74, 6) is -7.97. The quantitative estimate of drug-likeness (QED) is 0.170. The van der Waals surface area contributed by atoms with E-state index in [1.54, 1.807) is 30.5 Å². The summed E-state index contributed by atoms with van der Waals surface area (Å²) in [4.78, 5) is 21.6. The van der Waals surface area contributed by atoms with Crippen LogP contribution in [0.1, 0.15) is 53.0 Å². The number of benzene rings is 2. The molecule has 1 aliphatic heterocycles. The number of hydrogen-bond donors (Lipinski definition) is 2. The first-order valence-corrected chi connectivity index (χ1v) is 17.9. The van der Waals surface area contributed by atoms with Crippen molar-refractivity contribution in [3.63, 3.8) is 0 Å². The zero-order valence-corrected chi connectivity index (χ0v) is 27.9. The number of sulfonamides is 1. The molecule has 3 aliphatic rings. The summed E-state index contributed by atoms with van der Waals surface area (Å²) in [5.41, 5.74) is 0.573. The number of morpholine rings is 1. The Hall–Kier alpha value is -4.74. The summed E-state index contributed by atoms with van der Waals surface area (Å²) < 4.78 is 121. The van der Waals surface area contributed by atoms with Gasteiger partial charge in [-0.15, -0.1) is 0 Å². The number of H-pyrrole nitrogens is 1. The number of amides is 1. The van der Waals surface area contributed by atoms with E-state index in [1.165, 1.54) is 16.4 Å². The van der Waals surface area contributed by atoms with E-state index in [-0.39, 0.29) is 60.9 Å². The molecule has 272 valence electrons. The van der Waals surface area contributed by atoms with Gasteiger partial charge in [0.25, 0.3) is 12.3 Å². The maximum Gasteiger partial charge on any atom is 0.293 e. The van der Waals surface area contributed by atoms with Crippen LogP contribution in [0.25, 0.3) is 22.2 Å². The lowest BCUT2D eigenvalue weighted by Crippen LogP contribution is -2.40. The molecular formula is C35H30F6N6O4S. The number of fused-ring (bicyclic) bond motifs is 4. The average Bonchev–Trinajstić information content (AvgIpc) is 3.52. The lowest BCUT2D eigenvalue weighted by molar-refractivity contribution is -0.123. The summed E-state index contributed by atoms with van der Waals surface area (Å²) in [6, 6.07) is 11.1. The second-order valence-corrected chi connectivity index (χ2v) is 15.1. The normalized spacial score (nSPS) is 20.2. The van der Waals surface area contributed by atoms with Crippen LogP contribution in [0.5, 0.6) is 0 Å². The third-order valence-corrected chi connectivity index (χ3v) is 11.7. The zero-order valence-electron chi connectivity index (χ0n) is 27.1. The topological polar surface area (TPSA) is 122 Å². The summed E-state index contributed by atoms with van der Waals surface area (Å²) in [5, 5.41) is 6.47. The predicted molar refractivity (Wildman–Crippen MR) is 174 cm³/mol. The molecule has 2 aromatic carbocycles. The molecule has 10 nitrogen and oxygen atoms in total. The van der Waals surface area contributed by atoms with Crippen LogP contribution in [0.2, 0.25) is 0 Å². The van der Waals surface area contributed by atoms with E-state index in [9.17, 15) is 30.8 Å². The van der Waals surface area contributed by atoms with Crippen molar-refractivity contribution in [1.82, 2.24) is 29.4 Å². The molecule has 2 aliphatic carbocycles. The fourth-order valence-electron chi connectivity index (χ4n) is 7.37. The summed E-state index contributed by atoms with van der Waals surface area (Å²) in [6.07, 6.45) is -1.67. The number of aromatic amines is 1. The van der Waals surface area contributed by atoms with Crippen LogP contribution in [0, 0.1) is 17.6 Å². The number of nitrogens with zero attached hydrogens (tertiary/aromatic N) is 4. The maximum absolute atomic E-state index is 15.2. The Morgan fingerprint density at radius 1 is 1.02 bits per heavy atom. The lowest BCUT2D eigenvalue weighted by Gasteiger charge is -2.26. The van der Waals surface area contributed by atoms with Crippen LogP contribution in [0.4, 0.5) is 26.3 Å². The monoisotopic (exact) mass is 744 g/mol. The van der Waals surface area contributed by atoms with Gasteiger partial charge in [0.1, 0.15) is 29.6 Å². The van der Waals surface area contributed by atoms with Crippen molar-refractivity contribution in [2.45, 2.75) is 48.6 Å². The molecule has 52 heavy (non-hydrogen) atoms. The van der Waals surface area contributed by atoms with Crippen LogP contribution in [0.3, 0.4) is 0 Å². The minimum absolute atomic E-state index is 0.0399. The molecule has 3 aromatic heterocycles. The van der Waals surface area contributed by atoms with Gasteiger partial charge < -0.3 is 15.0 Å². The van der Waals surface area contributed by atoms with E-state index < -0.39 is 75.7 Å². The average molecular weight is 745 g/mol. The number of carbonyl (C=O) groups is 1. The molecule has 1 amide bonds. The molecule has 1 saturated heterocycles. The summed E-state index contributed by atoms with van der Waals surface area (Å²) >= 11 is 0. The SMILES string of the molecule is O=C(Cn1nc(C(F)F)c2c1C(F)(F)[C@@H]1C[C@H]21)NC(Cc1cc(F)cc(F)c1)c1nc2cc[nH]c2cc1-c1ccc(S(=O)(=O)N2CCOCC2)cc1. The highest BCUT2D eigenvalue weighted by molar-refractivity contribution is 7.89. The number of aromatic nitrogens is 4. The van der Waals surface area contributed by atoms with Gasteiger partial charge in [-0.3, -0.25) is 9.48 Å². The highest BCUT2D eigenvalue weighted by atomic mass is 32.2. The second kappa shape index (κ2) is 12.7. The Morgan fingerprint density at radius 3 is 2.42 bits per heavy atom. The van der Waals surface area contributed by atoms with E-state index in [0.29, 0.717) is 32.9 Å². The minimum Gasteiger partial charge on any atom is -0.379 e. The largest absolute Gasteiger partial charge is 0.379 e. The van der Waals surface area contributed by atoms with Crippen LogP contribution in [-0.4, -0.2) is 64.7 Å². The number of rotatable bonds is 10. The summed E-state index contributed by atoms with van der Waals surface area (Å²) in [6.45, 7) is 0.101. The van der Waals surface area contributed by atoms with Crippen molar-refractivity contribution >= 4 is 27.0 Å². The van der Waals surface area contributed by atoms with Crippen molar-refractivity contribution in [1.29, 1.82) is 0 Å². The maximum atomic E-state index is 15.2. The van der Waals surface area contributed by atoms with Gasteiger partial charge in [-0.2, -0.15) is 18.2 Å². The molecule has 0 spiro atoms. The van der Waals surface area contributed by atoms with Crippen molar-refractivity contribution in [3.8, 4) is 11.1 Å². The van der Waals surface area contributed by atoms with Gasteiger partial charge in [0.05, 0.1) is 40.9 Å². The van der Waals surface area contributed by atoms with E-state index in [1.807, 2.05) is 0 Å². The van der Waals surface area contributed by atoms with Crippen molar-refractivity contribution < 1.29 is 44.3 Å². The first kappa shape index (κ1) is 34.4. The molecule has 1 saturated carbocycles. The first-order valence-electron chi connectivity index (χ1n) is 16.5. The van der Waals surface area contributed by atoms with Crippen LogP contribution < -0.4 is 5.32 Å². The number of halogens is 6. The molecule has 0 radical (unpaired) electrons. The Balaban J connectivity index is 1.17. The molecule has 17 heteroatoms. The fraction of sp³-hybridized carbons (Fsp3) is 0.343. The van der Waals surface area contributed by atoms with Gasteiger partial charge in [0.2, 0.25) is 15.9 Å². The van der Waals surface area contributed by atoms with E-state index in [0.717, 1.165) is 12.1 Å². The molecule has 5 aromatic rings. The Labute approximate surface area is 292 Å². The Morgan fingerprint density at radius 2 is 1.73 bits per heavy atom. The third-order valence-electron chi connectivity index (χ3n) is 9.82. The van der Waals surface area contributed by atoms with Crippen LogP contribution in [-0.2, 0) is 38.4 Å². The smallest absolute Gasteiger partial charge is 0.293 e. The molecule has 1 unspecified atom stereocenters. The predicted octanol–water partition coefficient (Wildman–Crippen LogP) is 5.97. The zero-order chi connectivity index (χ0) is 36.5. The highest BCUT2D eigenvalue weighted by Crippen LogP contribution is 2.68. The standard InChI is InChI=1S/C35H30F6N6O4S/c36-20-11-18(12-21(37)14-20)13-28(43-29(48)17-47-33-30(32(45-47)34(38)39)24-15-25(24)35(33,40)41)31-23(16-27-26(44-31)5-6-42-27)19-1-3-22(4-2-19)52(49,50)46-7-9-51-10-8-46/h1-6,11-12,14,16,24-25,28,34,42H,7-10,13,15,17H2,(H,43,48)/t24-,25+,28?/m0/s1. The second-order valence-electron chi connectivity index (χ2n) is 13.2. The molecule has 2 N–H and O–H groups in total. The molecular weight excluding hydrogens is 714 g/mol. The van der Waals surface area contributed by atoms with E-state index >= 15 is 8.78 Å². The number of pyridine rings is 1. The Kier molecular flexibility index (Phi) is 8.41. The lowest BCUT2D eigenvalue weighted by atomic mass is 9.95. The van der Waals surface area contributed by atoms with E-state index in [4.69, 9.17) is 9.72 Å². The van der Waals surface area contributed by atoms with E-state index in [2.05, 4.69) is 15.4 Å². The summed E-state index contributed by atoms with van der Waals surface area (Å²) in [7, 11) is -3.83. The van der Waals surface area contributed by atoms with Crippen molar-refractivity contribution in [3.05, 3.63) is 101 Å². The molecule has 0 bridgehead atoms. The molecule has 4 heterocycles. The van der Waals surface area contributed by atoms with Crippen molar-refractivity contribution in [2.24, 2.45) is 5.92 Å². The molecule has 3 atom stereocenters. The van der Waals surface area contributed by atoms with Gasteiger partial charge in [-0.1, -0.05) is 12.1 Å². The van der Waals surface area contributed by atoms with Gasteiger partial charge in [0, 0.05) is 42.4 Å². The Bertz CT molecular complexity index is 2290. The molecule has 2 fully saturated rings. The number of alkyl halides is 4. The first-order chi connectivity index (χ1) is 24.8. The van der Waals surface area contributed by atoms with Gasteiger partial charge in [0.15, 0.2) is 0 Å². The van der Waals surface area contributed by atoms with Gasteiger partial charge >= 0.3 is 0 Å². The van der Waals surface area contributed by atoms with Crippen LogP contribution >= 0.6 is 0 Å². The third kappa shape index (κ3) is 6.03. The van der Waals surface area contributed by atoms with Gasteiger partial charge in [-0.05, 0) is 66.3 Å². The van der Waals surface area contributed by atoms with Crippen molar-refractivity contribution in [2.75, 3.05) is 26.3 Å². The molecule has 8 rings (SSSR count). The number of carbonyl (C=O) groups excluding carboxylic acids is 1. The minimum atomic E-state index is -3.83.